The molecule has 2 heterocycles. The molecule has 2 N–H and O–H groups in total. The van der Waals surface area contributed by atoms with E-state index in [0.29, 0.717) is 6.04 Å². The molecule has 0 amide bonds. The van der Waals surface area contributed by atoms with Crippen molar-refractivity contribution in [1.82, 2.24) is 10.6 Å². The number of guanidine groups is 1. The Labute approximate surface area is 208 Å². The number of aliphatic imine (C=N–C) groups is 1. The maximum Gasteiger partial charge on any atom is 0.191 e. The van der Waals surface area contributed by atoms with Gasteiger partial charge in [0.15, 0.2) is 5.96 Å². The van der Waals surface area contributed by atoms with Gasteiger partial charge in [-0.2, -0.15) is 0 Å². The van der Waals surface area contributed by atoms with Crippen LogP contribution in [-0.2, 0) is 11.3 Å². The average molecular weight is 551 g/mol. The first-order valence-corrected chi connectivity index (χ1v) is 11.0. The molecule has 0 spiro atoms. The summed E-state index contributed by atoms with van der Waals surface area (Å²) in [5.41, 5.74) is 3.65. The summed E-state index contributed by atoms with van der Waals surface area (Å²) < 4.78 is 11.0. The number of ether oxygens (including phenoxy) is 2. The molecule has 8 heteroatoms. The van der Waals surface area contributed by atoms with Crippen molar-refractivity contribution in [2.75, 3.05) is 63.4 Å². The van der Waals surface area contributed by atoms with Gasteiger partial charge in [-0.25, -0.2) is 0 Å². The fourth-order valence-electron chi connectivity index (χ4n) is 4.21. The number of hydrogen-bond donors (Lipinski definition) is 2. The van der Waals surface area contributed by atoms with Gasteiger partial charge in [0.1, 0.15) is 5.75 Å². The summed E-state index contributed by atoms with van der Waals surface area (Å²) in [5.74, 6) is 1.76. The molecule has 1 unspecified atom stereocenters. The zero-order valence-corrected chi connectivity index (χ0v) is 21.2. The van der Waals surface area contributed by atoms with Gasteiger partial charge in [-0.05, 0) is 36.2 Å². The van der Waals surface area contributed by atoms with Crippen LogP contribution in [0.15, 0.2) is 53.5 Å². The first-order chi connectivity index (χ1) is 15.3. The van der Waals surface area contributed by atoms with E-state index in [4.69, 9.17) is 9.47 Å². The van der Waals surface area contributed by atoms with Crippen LogP contribution >= 0.6 is 24.0 Å². The van der Waals surface area contributed by atoms with Crippen LogP contribution in [0.3, 0.4) is 0 Å². The van der Waals surface area contributed by atoms with Crippen molar-refractivity contribution in [2.24, 2.45) is 4.99 Å². The Morgan fingerprint density at radius 2 is 1.81 bits per heavy atom. The minimum absolute atomic E-state index is 0. The van der Waals surface area contributed by atoms with E-state index < -0.39 is 0 Å². The van der Waals surface area contributed by atoms with E-state index in [-0.39, 0.29) is 24.0 Å². The number of benzene rings is 2. The van der Waals surface area contributed by atoms with E-state index in [2.05, 4.69) is 61.8 Å². The van der Waals surface area contributed by atoms with E-state index in [1.807, 2.05) is 19.2 Å². The molecule has 2 aliphatic heterocycles. The third kappa shape index (κ3) is 6.19. The van der Waals surface area contributed by atoms with E-state index >= 15 is 0 Å². The summed E-state index contributed by atoms with van der Waals surface area (Å²) in [6.07, 6.45) is 1.06. The molecule has 2 fully saturated rings. The molecule has 1 atom stereocenters. The van der Waals surface area contributed by atoms with Crippen molar-refractivity contribution in [3.05, 3.63) is 54.1 Å². The second-order valence-electron chi connectivity index (χ2n) is 7.94. The topological polar surface area (TPSA) is 61.4 Å². The van der Waals surface area contributed by atoms with Crippen LogP contribution in [0.2, 0.25) is 0 Å². The second-order valence-corrected chi connectivity index (χ2v) is 7.94. The minimum atomic E-state index is 0. The van der Waals surface area contributed by atoms with Gasteiger partial charge in [0.05, 0.1) is 26.0 Å². The van der Waals surface area contributed by atoms with Gasteiger partial charge in [0, 0.05) is 51.5 Å². The fourth-order valence-corrected chi connectivity index (χ4v) is 4.21. The second kappa shape index (κ2) is 12.2. The largest absolute Gasteiger partial charge is 0.495 e. The first-order valence-electron chi connectivity index (χ1n) is 11.0. The van der Waals surface area contributed by atoms with Gasteiger partial charge >= 0.3 is 0 Å². The number of anilines is 2. The molecular weight excluding hydrogens is 517 g/mol. The molecule has 2 aliphatic rings. The summed E-state index contributed by atoms with van der Waals surface area (Å²) in [7, 11) is 3.55. The lowest BCUT2D eigenvalue weighted by atomic mass is 10.2. The number of morpholine rings is 1. The molecule has 0 aliphatic carbocycles. The lowest BCUT2D eigenvalue weighted by Gasteiger charge is -2.29. The molecule has 0 radical (unpaired) electrons. The predicted molar refractivity (Wildman–Crippen MR) is 142 cm³/mol. The molecule has 0 saturated carbocycles. The lowest BCUT2D eigenvalue weighted by molar-refractivity contribution is 0.122. The molecule has 0 aromatic heterocycles. The van der Waals surface area contributed by atoms with Gasteiger partial charge in [-0.3, -0.25) is 4.99 Å². The van der Waals surface area contributed by atoms with Crippen molar-refractivity contribution in [3.8, 4) is 5.75 Å². The zero-order chi connectivity index (χ0) is 21.5. The Morgan fingerprint density at radius 3 is 2.53 bits per heavy atom. The van der Waals surface area contributed by atoms with Crippen molar-refractivity contribution in [1.29, 1.82) is 0 Å². The number of para-hydroxylation sites is 2. The van der Waals surface area contributed by atoms with Gasteiger partial charge in [-0.1, -0.05) is 24.3 Å². The van der Waals surface area contributed by atoms with E-state index in [1.54, 1.807) is 7.11 Å². The standard InChI is InChI=1S/C24H33N5O2.HI/c1-25-24(26-17-19-7-9-21(10-8-19)28-13-15-31-16-14-28)27-20-11-12-29(18-20)22-5-3-4-6-23(22)30-2;/h3-10,20H,11-18H2,1-2H3,(H2,25,26,27);1H. The van der Waals surface area contributed by atoms with Crippen molar-refractivity contribution >= 4 is 41.3 Å². The highest BCUT2D eigenvalue weighted by Crippen LogP contribution is 2.30. The molecule has 7 nitrogen and oxygen atoms in total. The summed E-state index contributed by atoms with van der Waals surface area (Å²) >= 11 is 0. The number of nitrogens with zero attached hydrogens (tertiary/aromatic N) is 3. The lowest BCUT2D eigenvalue weighted by Crippen LogP contribution is -2.44. The first kappa shape index (κ1) is 24.4. The maximum absolute atomic E-state index is 5.52. The molecular formula is C24H34IN5O2. The summed E-state index contributed by atoms with van der Waals surface area (Å²) in [6.45, 7) is 6.20. The van der Waals surface area contributed by atoms with Crippen LogP contribution in [-0.4, -0.2) is 65.6 Å². The summed E-state index contributed by atoms with van der Waals surface area (Å²) in [5, 5.41) is 7.02. The highest BCUT2D eigenvalue weighted by atomic mass is 127. The highest BCUT2D eigenvalue weighted by Gasteiger charge is 2.25. The predicted octanol–water partition coefficient (Wildman–Crippen LogP) is 3.09. The Balaban J connectivity index is 0.00000289. The number of rotatable bonds is 6. The van der Waals surface area contributed by atoms with Crippen LogP contribution in [0.4, 0.5) is 11.4 Å². The van der Waals surface area contributed by atoms with E-state index in [9.17, 15) is 0 Å². The number of nitrogens with one attached hydrogen (secondary N) is 2. The van der Waals surface area contributed by atoms with Crippen LogP contribution in [0.1, 0.15) is 12.0 Å². The van der Waals surface area contributed by atoms with Crippen LogP contribution in [0, 0.1) is 0 Å². The van der Waals surface area contributed by atoms with Crippen molar-refractivity contribution < 1.29 is 9.47 Å². The monoisotopic (exact) mass is 551 g/mol. The number of halogens is 1. The average Bonchev–Trinajstić information content (AvgIpc) is 3.31. The van der Waals surface area contributed by atoms with Crippen LogP contribution in [0.25, 0.3) is 0 Å². The third-order valence-electron chi connectivity index (χ3n) is 5.95. The molecule has 32 heavy (non-hydrogen) atoms. The fraction of sp³-hybridized carbons (Fsp3) is 0.458. The van der Waals surface area contributed by atoms with Gasteiger partial charge < -0.3 is 29.9 Å². The summed E-state index contributed by atoms with van der Waals surface area (Å²) in [4.78, 5) is 9.16. The van der Waals surface area contributed by atoms with Crippen molar-refractivity contribution in [2.45, 2.75) is 19.0 Å². The quantitative estimate of drug-likeness (QED) is 0.327. The van der Waals surface area contributed by atoms with Gasteiger partial charge in [-0.15, -0.1) is 24.0 Å². The Bertz CT molecular complexity index is 871. The Morgan fingerprint density at radius 1 is 1.06 bits per heavy atom. The molecule has 2 aromatic rings. The Hall–Kier alpha value is -2.20. The summed E-state index contributed by atoms with van der Waals surface area (Å²) in [6, 6.07) is 17.3. The van der Waals surface area contributed by atoms with E-state index in [1.165, 1.54) is 11.3 Å². The molecule has 2 aromatic carbocycles. The van der Waals surface area contributed by atoms with E-state index in [0.717, 1.165) is 69.8 Å². The molecule has 4 rings (SSSR count). The molecule has 174 valence electrons. The molecule has 0 bridgehead atoms. The van der Waals surface area contributed by atoms with Crippen LogP contribution in [0.5, 0.6) is 5.75 Å². The van der Waals surface area contributed by atoms with Gasteiger partial charge in [0.2, 0.25) is 0 Å². The number of methoxy groups -OCH3 is 1. The van der Waals surface area contributed by atoms with Crippen molar-refractivity contribution in [3.63, 3.8) is 0 Å². The maximum atomic E-state index is 5.52. The Kier molecular flexibility index (Phi) is 9.28. The van der Waals surface area contributed by atoms with Crippen LogP contribution < -0.4 is 25.2 Å². The smallest absolute Gasteiger partial charge is 0.191 e. The number of hydrogen-bond acceptors (Lipinski definition) is 5. The highest BCUT2D eigenvalue weighted by molar-refractivity contribution is 14.0. The SMILES string of the molecule is CN=C(NCc1ccc(N2CCOCC2)cc1)NC1CCN(c2ccccc2OC)C1.I. The molecule has 2 saturated heterocycles. The normalized spacial score (nSPS) is 18.8. The third-order valence-corrected chi connectivity index (χ3v) is 5.95. The van der Waals surface area contributed by atoms with Gasteiger partial charge in [0.25, 0.3) is 0 Å². The zero-order valence-electron chi connectivity index (χ0n) is 18.9. The minimum Gasteiger partial charge on any atom is -0.495 e.